The Bertz CT molecular complexity index is 1150. The third-order valence-electron chi connectivity index (χ3n) is 23.9. The van der Waals surface area contributed by atoms with E-state index < -0.39 is 0 Å². The summed E-state index contributed by atoms with van der Waals surface area (Å²) in [6, 6.07) is 0. The van der Waals surface area contributed by atoms with Crippen molar-refractivity contribution in [3.63, 3.8) is 0 Å². The van der Waals surface area contributed by atoms with Crippen molar-refractivity contribution in [1.82, 2.24) is 0 Å². The summed E-state index contributed by atoms with van der Waals surface area (Å²) in [6.07, 6.45) is 62.8. The van der Waals surface area contributed by atoms with Crippen molar-refractivity contribution in [3.8, 4) is 0 Å². The lowest BCUT2D eigenvalue weighted by Crippen LogP contribution is -2.55. The summed E-state index contributed by atoms with van der Waals surface area (Å²) >= 11 is 0. The third kappa shape index (κ3) is 8.19. The largest absolute Gasteiger partial charge is 0.0533 e. The van der Waals surface area contributed by atoms with Gasteiger partial charge < -0.3 is 0 Å². The van der Waals surface area contributed by atoms with E-state index >= 15 is 0 Å². The fraction of sp³-hybridized carbons (Fsp3) is 1.00. The maximum atomic E-state index is 1.67. The van der Waals surface area contributed by atoms with Crippen LogP contribution in [-0.4, -0.2) is 0 Å². The summed E-state index contributed by atoms with van der Waals surface area (Å²) in [6.45, 7) is 0. The van der Waals surface area contributed by atoms with Crippen LogP contribution in [-0.2, 0) is 0 Å². The molecule has 11 aliphatic rings. The fourth-order valence-corrected chi connectivity index (χ4v) is 22.3. The van der Waals surface area contributed by atoms with Crippen LogP contribution in [0.25, 0.3) is 0 Å². The topological polar surface area (TPSA) is 0 Å². The van der Waals surface area contributed by atoms with E-state index in [1.165, 1.54) is 0 Å². The van der Waals surface area contributed by atoms with Gasteiger partial charge in [0.05, 0.1) is 0 Å². The third-order valence-corrected chi connectivity index (χ3v) is 23.9. The molecule has 59 heavy (non-hydrogen) atoms. The molecule has 0 bridgehead atoms. The zero-order chi connectivity index (χ0) is 39.1. The molecule has 0 aromatic rings. The number of hydrogen-bond donors (Lipinski definition) is 0. The van der Waals surface area contributed by atoms with Crippen LogP contribution in [0.15, 0.2) is 0 Å². The van der Waals surface area contributed by atoms with Crippen molar-refractivity contribution in [2.24, 2.45) is 118 Å². The summed E-state index contributed by atoms with van der Waals surface area (Å²) < 4.78 is 0. The van der Waals surface area contributed by atoms with Gasteiger partial charge in [-0.1, -0.05) is 161 Å². The van der Waals surface area contributed by atoms with E-state index in [0.717, 1.165) is 118 Å². The molecular weight excluding hydrogens is 709 g/mol. The van der Waals surface area contributed by atoms with E-state index in [2.05, 4.69) is 0 Å². The van der Waals surface area contributed by atoms with Crippen LogP contribution in [0.3, 0.4) is 0 Å². The van der Waals surface area contributed by atoms with Crippen LogP contribution in [0.4, 0.5) is 0 Å². The molecule has 0 N–H and O–H groups in total. The second kappa shape index (κ2) is 19.2. The molecule has 11 saturated carbocycles. The Hall–Kier alpha value is 0. The zero-order valence-corrected chi connectivity index (χ0v) is 39.1. The van der Waals surface area contributed by atoms with Crippen LogP contribution < -0.4 is 0 Å². The van der Waals surface area contributed by atoms with Gasteiger partial charge >= 0.3 is 0 Å². The predicted octanol–water partition coefficient (Wildman–Crippen LogP) is 17.7. The van der Waals surface area contributed by atoms with Crippen molar-refractivity contribution in [2.75, 3.05) is 0 Å². The SMILES string of the molecule is C1CCC(C2CCCCC2C2C3CCCCC3C(C3CCCC(C4C5CCCCC5C(C5CCCCC5C5CCCCC5)[C@@H]5CCCCC45)CC3)C3CCCCC32)CC1. The first-order valence-corrected chi connectivity index (χ1v) is 29.3. The van der Waals surface area contributed by atoms with Gasteiger partial charge in [0.2, 0.25) is 0 Å². The average molecular weight is 807 g/mol. The molecule has 11 fully saturated rings. The van der Waals surface area contributed by atoms with Crippen molar-refractivity contribution in [2.45, 2.75) is 250 Å². The molecule has 0 aliphatic heterocycles. The van der Waals surface area contributed by atoms with E-state index in [1.54, 1.807) is 250 Å². The molecule has 0 saturated heterocycles. The van der Waals surface area contributed by atoms with Crippen LogP contribution in [0.1, 0.15) is 250 Å². The van der Waals surface area contributed by atoms with Crippen molar-refractivity contribution < 1.29 is 0 Å². The highest BCUT2D eigenvalue weighted by atomic mass is 14.6. The molecule has 11 rings (SSSR count). The first kappa shape index (κ1) is 41.7. The monoisotopic (exact) mass is 807 g/mol. The number of rotatable bonds is 6. The first-order valence-electron chi connectivity index (χ1n) is 29.3. The van der Waals surface area contributed by atoms with Gasteiger partial charge in [0, 0.05) is 0 Å². The second-order valence-electron chi connectivity index (χ2n) is 25.8. The highest BCUT2D eigenvalue weighted by molar-refractivity contribution is 5.07. The summed E-state index contributed by atoms with van der Waals surface area (Å²) in [5.41, 5.74) is 0. The van der Waals surface area contributed by atoms with Crippen molar-refractivity contribution in [3.05, 3.63) is 0 Å². The van der Waals surface area contributed by atoms with Crippen LogP contribution in [0, 0.1) is 118 Å². The molecular formula is C59H98. The van der Waals surface area contributed by atoms with E-state index in [-0.39, 0.29) is 0 Å². The highest BCUT2D eigenvalue weighted by Gasteiger charge is 2.59. The molecule has 0 heteroatoms. The van der Waals surface area contributed by atoms with E-state index in [9.17, 15) is 0 Å². The van der Waals surface area contributed by atoms with Gasteiger partial charge in [0.25, 0.3) is 0 Å². The fourth-order valence-electron chi connectivity index (χ4n) is 22.3. The molecule has 16 atom stereocenters. The van der Waals surface area contributed by atoms with Gasteiger partial charge in [0.1, 0.15) is 0 Å². The Balaban J connectivity index is 0.843. The summed E-state index contributed by atoms with van der Waals surface area (Å²) in [5, 5.41) is 0. The summed E-state index contributed by atoms with van der Waals surface area (Å²) in [4.78, 5) is 0. The Kier molecular flexibility index (Phi) is 13.6. The molecule has 0 spiro atoms. The molecule has 15 unspecified atom stereocenters. The lowest BCUT2D eigenvalue weighted by Gasteiger charge is -2.61. The summed E-state index contributed by atoms with van der Waals surface area (Å²) in [5.74, 6) is 22.4. The average Bonchev–Trinajstić information content (AvgIpc) is 3.56. The molecule has 0 heterocycles. The Morgan fingerprint density at radius 3 is 0.610 bits per heavy atom. The summed E-state index contributed by atoms with van der Waals surface area (Å²) in [7, 11) is 0. The molecule has 0 radical (unpaired) electrons. The standard InChI is InChI=1S/C59H98/c1-3-20-40(21-4-1)44-26-7-9-28-46(44)58-52-34-15-11-30-48(52)56(49-31-12-16-35-53(49)58)42-24-19-25-43(39-38-42)57-50-32-13-17-36-54(50)59(55-37-18-14-33-51(55)57)47-29-10-8-27-45(47)41-22-5-2-6-23-41/h40-59H,1-39H2/t42?,43?,44?,45?,46?,47?,48?,49?,50?,51?,52-,53?,54?,55?,56?,57?,58?,59?/m1/s1. The van der Waals surface area contributed by atoms with Crippen LogP contribution in [0.2, 0.25) is 0 Å². The minimum absolute atomic E-state index is 1.09. The molecule has 0 nitrogen and oxygen atoms in total. The van der Waals surface area contributed by atoms with Gasteiger partial charge in [-0.05, 0) is 208 Å². The van der Waals surface area contributed by atoms with E-state index in [4.69, 9.17) is 0 Å². The molecule has 11 aliphatic carbocycles. The number of hydrogen-bond acceptors (Lipinski definition) is 0. The molecule has 0 aromatic carbocycles. The smallest absolute Gasteiger partial charge is 0.0321 e. The predicted molar refractivity (Wildman–Crippen MR) is 250 cm³/mol. The molecule has 0 aromatic heterocycles. The van der Waals surface area contributed by atoms with Gasteiger partial charge in [-0.3, -0.25) is 0 Å². The van der Waals surface area contributed by atoms with E-state index in [1.807, 2.05) is 0 Å². The van der Waals surface area contributed by atoms with Gasteiger partial charge in [-0.25, -0.2) is 0 Å². The quantitative estimate of drug-likeness (QED) is 0.235. The highest BCUT2D eigenvalue weighted by Crippen LogP contribution is 2.66. The Morgan fingerprint density at radius 2 is 0.322 bits per heavy atom. The zero-order valence-electron chi connectivity index (χ0n) is 39.1. The van der Waals surface area contributed by atoms with Crippen molar-refractivity contribution in [1.29, 1.82) is 0 Å². The lowest BCUT2D eigenvalue weighted by molar-refractivity contribution is -0.126. The lowest BCUT2D eigenvalue weighted by atomic mass is 9.44. The Labute approximate surface area is 367 Å². The molecule has 0 amide bonds. The normalized spacial score (nSPS) is 50.6. The van der Waals surface area contributed by atoms with E-state index in [0.29, 0.717) is 0 Å². The minimum Gasteiger partial charge on any atom is -0.0533 e. The minimum atomic E-state index is 1.09. The van der Waals surface area contributed by atoms with Gasteiger partial charge in [-0.2, -0.15) is 0 Å². The van der Waals surface area contributed by atoms with Crippen molar-refractivity contribution >= 4 is 0 Å². The first-order chi connectivity index (χ1) is 29.3. The maximum absolute atomic E-state index is 1.67. The molecule has 334 valence electrons. The second-order valence-corrected chi connectivity index (χ2v) is 25.8. The number of fused-ring (bicyclic) bond motifs is 4. The van der Waals surface area contributed by atoms with Crippen LogP contribution >= 0.6 is 0 Å². The Morgan fingerprint density at radius 1 is 0.119 bits per heavy atom. The van der Waals surface area contributed by atoms with Gasteiger partial charge in [-0.15, -0.1) is 0 Å². The maximum Gasteiger partial charge on any atom is -0.0321 e. The van der Waals surface area contributed by atoms with Gasteiger partial charge in [0.15, 0.2) is 0 Å². The van der Waals surface area contributed by atoms with Crippen LogP contribution in [0.5, 0.6) is 0 Å².